The van der Waals surface area contributed by atoms with Gasteiger partial charge in [-0.15, -0.1) is 11.3 Å². The van der Waals surface area contributed by atoms with E-state index in [1.54, 1.807) is 23.6 Å². The Labute approximate surface area is 126 Å². The van der Waals surface area contributed by atoms with Gasteiger partial charge in [0.2, 0.25) is 0 Å². The molecule has 0 aliphatic rings. The first-order valence-corrected chi connectivity index (χ1v) is 7.46. The number of nitrogens with zero attached hydrogens (tertiary/aromatic N) is 1. The summed E-state index contributed by atoms with van der Waals surface area (Å²) in [5, 5.41) is 1.08. The first-order chi connectivity index (χ1) is 9.84. The number of benzene rings is 1. The Morgan fingerprint density at radius 1 is 1.14 bits per heavy atom. The summed E-state index contributed by atoms with van der Waals surface area (Å²) in [6, 6.07) is 5.12. The highest BCUT2D eigenvalue weighted by molar-refractivity contribution is 7.12. The second-order valence-electron chi connectivity index (χ2n) is 5.21. The number of hydrogen-bond acceptors (Lipinski definition) is 2. The third-order valence-corrected chi connectivity index (χ3v) is 3.82. The molecule has 1 aromatic carbocycles. The van der Waals surface area contributed by atoms with Crippen LogP contribution in [-0.4, -0.2) is 4.98 Å². The van der Waals surface area contributed by atoms with Crippen molar-refractivity contribution in [1.29, 1.82) is 0 Å². The van der Waals surface area contributed by atoms with Crippen LogP contribution in [0.3, 0.4) is 0 Å². The van der Waals surface area contributed by atoms with Crippen LogP contribution >= 0.6 is 11.3 Å². The molecule has 0 N–H and O–H groups in total. The van der Waals surface area contributed by atoms with Gasteiger partial charge in [-0.25, -0.2) is 4.98 Å². The van der Waals surface area contributed by atoms with E-state index in [9.17, 15) is 13.2 Å². The number of halogens is 3. The van der Waals surface area contributed by atoms with Gasteiger partial charge in [0.1, 0.15) is 0 Å². The molecule has 0 radical (unpaired) electrons. The third-order valence-electron chi connectivity index (χ3n) is 2.83. The molecule has 0 fully saturated rings. The Balaban J connectivity index is 2.05. The monoisotopic (exact) mass is 311 g/mol. The maximum Gasteiger partial charge on any atom is 0.416 e. The Morgan fingerprint density at radius 2 is 1.81 bits per heavy atom. The van der Waals surface area contributed by atoms with E-state index < -0.39 is 11.7 Å². The van der Waals surface area contributed by atoms with E-state index in [2.05, 4.69) is 18.8 Å². The molecule has 2 aromatic rings. The van der Waals surface area contributed by atoms with Crippen molar-refractivity contribution in [3.8, 4) is 0 Å². The van der Waals surface area contributed by atoms with Crippen molar-refractivity contribution < 1.29 is 13.2 Å². The van der Waals surface area contributed by atoms with Crippen molar-refractivity contribution >= 4 is 23.5 Å². The lowest BCUT2D eigenvalue weighted by atomic mass is 10.1. The molecule has 0 saturated carbocycles. The molecule has 0 saturated heterocycles. The van der Waals surface area contributed by atoms with E-state index in [4.69, 9.17) is 0 Å². The van der Waals surface area contributed by atoms with E-state index >= 15 is 0 Å². The normalized spacial score (nSPS) is 12.5. The highest BCUT2D eigenvalue weighted by Crippen LogP contribution is 2.29. The molecular formula is C16H16F3NS. The SMILES string of the molecule is CC(C)Cc1ncc(/C=C/c2ccc(C(F)(F)F)cc2)s1. The number of aromatic nitrogens is 1. The molecule has 0 aliphatic carbocycles. The van der Waals surface area contributed by atoms with Gasteiger partial charge < -0.3 is 0 Å². The third kappa shape index (κ3) is 4.70. The maximum absolute atomic E-state index is 12.5. The molecule has 1 heterocycles. The van der Waals surface area contributed by atoms with Crippen LogP contribution < -0.4 is 0 Å². The lowest BCUT2D eigenvalue weighted by Crippen LogP contribution is -2.03. The first kappa shape index (κ1) is 15.8. The molecule has 1 nitrogen and oxygen atoms in total. The predicted octanol–water partition coefficient (Wildman–Crippen LogP) is 5.53. The van der Waals surface area contributed by atoms with Crippen molar-refractivity contribution in [2.24, 2.45) is 5.92 Å². The minimum Gasteiger partial charge on any atom is -0.249 e. The van der Waals surface area contributed by atoms with Gasteiger partial charge in [-0.05, 0) is 29.7 Å². The molecule has 0 spiro atoms. The number of hydrogen-bond donors (Lipinski definition) is 0. The number of rotatable bonds is 4. The van der Waals surface area contributed by atoms with Crippen LogP contribution in [0.25, 0.3) is 12.2 Å². The van der Waals surface area contributed by atoms with Crippen molar-refractivity contribution in [3.05, 3.63) is 51.5 Å². The predicted molar refractivity (Wildman–Crippen MR) is 81.0 cm³/mol. The summed E-state index contributed by atoms with van der Waals surface area (Å²) in [6.45, 7) is 4.28. The molecule has 1 aromatic heterocycles. The van der Waals surface area contributed by atoms with Gasteiger partial charge in [0, 0.05) is 17.5 Å². The molecule has 0 atom stereocenters. The zero-order valence-electron chi connectivity index (χ0n) is 11.8. The minimum absolute atomic E-state index is 0.558. The molecule has 5 heteroatoms. The summed E-state index contributed by atoms with van der Waals surface area (Å²) in [5.74, 6) is 0.558. The fourth-order valence-corrected chi connectivity index (χ4v) is 2.84. The molecule has 112 valence electrons. The smallest absolute Gasteiger partial charge is 0.249 e. The lowest BCUT2D eigenvalue weighted by molar-refractivity contribution is -0.137. The number of alkyl halides is 3. The Bertz CT molecular complexity index is 609. The van der Waals surface area contributed by atoms with E-state index in [0.29, 0.717) is 5.92 Å². The van der Waals surface area contributed by atoms with Gasteiger partial charge in [0.25, 0.3) is 0 Å². The summed E-state index contributed by atoms with van der Waals surface area (Å²) in [6.07, 6.45) is 2.13. The van der Waals surface area contributed by atoms with E-state index in [-0.39, 0.29) is 0 Å². The highest BCUT2D eigenvalue weighted by Gasteiger charge is 2.29. The van der Waals surface area contributed by atoms with Gasteiger partial charge in [-0.2, -0.15) is 13.2 Å². The summed E-state index contributed by atoms with van der Waals surface area (Å²) >= 11 is 1.61. The van der Waals surface area contributed by atoms with E-state index in [1.807, 2.05) is 6.08 Å². The molecule has 0 amide bonds. The van der Waals surface area contributed by atoms with Gasteiger partial charge >= 0.3 is 6.18 Å². The molecule has 0 bridgehead atoms. The van der Waals surface area contributed by atoms with Crippen LogP contribution in [0, 0.1) is 5.92 Å². The minimum atomic E-state index is -4.29. The van der Waals surface area contributed by atoms with Crippen molar-refractivity contribution in [3.63, 3.8) is 0 Å². The molecule has 0 aliphatic heterocycles. The highest BCUT2D eigenvalue weighted by atomic mass is 32.1. The standard InChI is InChI=1S/C16H16F3NS/c1-11(2)9-15-20-10-14(21-15)8-5-12-3-6-13(7-4-12)16(17,18)19/h3-8,10-11H,9H2,1-2H3/b8-5+. The van der Waals surface area contributed by atoms with Crippen LogP contribution in [0.1, 0.15) is 34.9 Å². The van der Waals surface area contributed by atoms with Gasteiger partial charge in [0.15, 0.2) is 0 Å². The quantitative estimate of drug-likeness (QED) is 0.723. The molecule has 0 unspecified atom stereocenters. The van der Waals surface area contributed by atoms with Crippen LogP contribution in [0.15, 0.2) is 30.5 Å². The summed E-state index contributed by atoms with van der Waals surface area (Å²) in [7, 11) is 0. The van der Waals surface area contributed by atoms with Crippen LogP contribution in [0.4, 0.5) is 13.2 Å². The van der Waals surface area contributed by atoms with E-state index in [0.717, 1.165) is 34.0 Å². The van der Waals surface area contributed by atoms with Crippen molar-refractivity contribution in [2.75, 3.05) is 0 Å². The molecule has 2 rings (SSSR count). The molecule has 21 heavy (non-hydrogen) atoms. The fourth-order valence-electron chi connectivity index (χ4n) is 1.81. The Kier molecular flexibility index (Phi) is 4.83. The summed E-state index contributed by atoms with van der Waals surface area (Å²) in [4.78, 5) is 5.34. The first-order valence-electron chi connectivity index (χ1n) is 6.64. The summed E-state index contributed by atoms with van der Waals surface area (Å²) < 4.78 is 37.4. The topological polar surface area (TPSA) is 12.9 Å². The van der Waals surface area contributed by atoms with Gasteiger partial charge in [-0.1, -0.05) is 32.1 Å². The summed E-state index contributed by atoms with van der Waals surface area (Å²) in [5.41, 5.74) is 0.110. The van der Waals surface area contributed by atoms with Gasteiger partial charge in [-0.3, -0.25) is 0 Å². The maximum atomic E-state index is 12.5. The lowest BCUT2D eigenvalue weighted by Gasteiger charge is -2.05. The molecular weight excluding hydrogens is 295 g/mol. The van der Waals surface area contributed by atoms with Crippen molar-refractivity contribution in [1.82, 2.24) is 4.98 Å². The van der Waals surface area contributed by atoms with Crippen LogP contribution in [0.2, 0.25) is 0 Å². The average molecular weight is 311 g/mol. The van der Waals surface area contributed by atoms with E-state index in [1.165, 1.54) is 12.1 Å². The Hall–Kier alpha value is -1.62. The zero-order chi connectivity index (χ0) is 15.5. The Morgan fingerprint density at radius 3 is 2.38 bits per heavy atom. The van der Waals surface area contributed by atoms with Gasteiger partial charge in [0.05, 0.1) is 10.6 Å². The van der Waals surface area contributed by atoms with Crippen LogP contribution in [0.5, 0.6) is 0 Å². The zero-order valence-corrected chi connectivity index (χ0v) is 12.6. The number of thiazole rings is 1. The largest absolute Gasteiger partial charge is 0.416 e. The van der Waals surface area contributed by atoms with Crippen LogP contribution in [-0.2, 0) is 12.6 Å². The second-order valence-corrected chi connectivity index (χ2v) is 6.35. The fraction of sp³-hybridized carbons (Fsp3) is 0.312. The average Bonchev–Trinajstić information content (AvgIpc) is 2.82. The van der Waals surface area contributed by atoms with Crippen molar-refractivity contribution in [2.45, 2.75) is 26.4 Å². The second kappa shape index (κ2) is 6.43.